The number of hydrogen-bond donors (Lipinski definition) is 1. The van der Waals surface area contributed by atoms with E-state index in [9.17, 15) is 9.59 Å². The molecule has 1 amide bonds. The second-order valence-corrected chi connectivity index (χ2v) is 6.71. The molecule has 0 fully saturated rings. The molecule has 0 radical (unpaired) electrons. The van der Waals surface area contributed by atoms with Gasteiger partial charge in [-0.05, 0) is 24.3 Å². The summed E-state index contributed by atoms with van der Waals surface area (Å²) in [4.78, 5) is 25.0. The number of rotatable bonds is 6. The maximum absolute atomic E-state index is 12.5. The molecule has 0 saturated carbocycles. The number of carbonyl (C=O) groups is 1. The van der Waals surface area contributed by atoms with E-state index in [-0.39, 0.29) is 17.4 Å². The summed E-state index contributed by atoms with van der Waals surface area (Å²) in [5.74, 6) is 0.576. The fraction of sp³-hybridized carbons (Fsp3) is 0.500. The minimum Gasteiger partial charge on any atom is -0.351 e. The predicted molar refractivity (Wildman–Crippen MR) is 92.6 cm³/mol. The van der Waals surface area contributed by atoms with E-state index < -0.39 is 0 Å². The molecule has 2 rings (SSSR count). The summed E-state index contributed by atoms with van der Waals surface area (Å²) in [5.41, 5.74) is 0.178. The Labute approximate surface area is 136 Å². The van der Waals surface area contributed by atoms with E-state index in [2.05, 4.69) is 24.3 Å². The number of amides is 1. The van der Waals surface area contributed by atoms with E-state index >= 15 is 0 Å². The molecule has 0 aliphatic heterocycles. The van der Waals surface area contributed by atoms with Crippen molar-refractivity contribution in [1.29, 1.82) is 0 Å². The largest absolute Gasteiger partial charge is 0.351 e. The molecule has 0 saturated heterocycles. The van der Waals surface area contributed by atoms with Gasteiger partial charge in [-0.25, -0.2) is 4.68 Å². The summed E-state index contributed by atoms with van der Waals surface area (Å²) in [6.45, 7) is 9.37. The molecular formula is C18H25N3O2. The molecule has 0 unspecified atom stereocenters. The lowest BCUT2D eigenvalue weighted by molar-refractivity contribution is 0.0946. The minimum atomic E-state index is -0.223. The van der Waals surface area contributed by atoms with Crippen molar-refractivity contribution in [1.82, 2.24) is 15.1 Å². The maximum atomic E-state index is 12.5. The number of nitrogens with zero attached hydrogens (tertiary/aromatic N) is 2. The second kappa shape index (κ2) is 7.40. The average molecular weight is 315 g/mol. The zero-order valence-electron chi connectivity index (χ0n) is 14.3. The maximum Gasteiger partial charge on any atom is 0.274 e. The molecule has 1 aromatic carbocycles. The van der Waals surface area contributed by atoms with Crippen LogP contribution >= 0.6 is 0 Å². The van der Waals surface area contributed by atoms with Crippen LogP contribution in [0, 0.1) is 11.8 Å². The number of hydrogen-bond acceptors (Lipinski definition) is 3. The van der Waals surface area contributed by atoms with Gasteiger partial charge in [0.2, 0.25) is 0 Å². The van der Waals surface area contributed by atoms with Crippen LogP contribution in [-0.4, -0.2) is 22.2 Å². The Bertz CT molecular complexity index is 748. The van der Waals surface area contributed by atoms with Crippen molar-refractivity contribution in [2.24, 2.45) is 11.8 Å². The van der Waals surface area contributed by atoms with Gasteiger partial charge < -0.3 is 5.32 Å². The van der Waals surface area contributed by atoms with E-state index in [0.717, 1.165) is 6.42 Å². The van der Waals surface area contributed by atoms with E-state index in [0.29, 0.717) is 35.5 Å². The zero-order valence-corrected chi connectivity index (χ0v) is 14.3. The lowest BCUT2D eigenvalue weighted by Crippen LogP contribution is -2.32. The molecule has 5 heteroatoms. The first-order valence-corrected chi connectivity index (χ1v) is 8.18. The highest BCUT2D eigenvalue weighted by atomic mass is 16.2. The first-order valence-electron chi connectivity index (χ1n) is 8.18. The van der Waals surface area contributed by atoms with Crippen molar-refractivity contribution in [2.75, 3.05) is 6.54 Å². The highest BCUT2D eigenvalue weighted by Crippen LogP contribution is 2.14. The summed E-state index contributed by atoms with van der Waals surface area (Å²) in [6.07, 6.45) is 0.912. The Kier molecular flexibility index (Phi) is 5.53. The van der Waals surface area contributed by atoms with Crippen LogP contribution in [0.25, 0.3) is 10.8 Å². The van der Waals surface area contributed by atoms with Gasteiger partial charge in [0, 0.05) is 18.5 Å². The van der Waals surface area contributed by atoms with Crippen molar-refractivity contribution in [3.8, 4) is 0 Å². The molecule has 5 nitrogen and oxygen atoms in total. The van der Waals surface area contributed by atoms with Crippen LogP contribution in [-0.2, 0) is 6.54 Å². The third-order valence-corrected chi connectivity index (χ3v) is 3.63. The standard InChI is InChI=1S/C18H25N3O2/c1-12(2)9-10-19-17(22)16-14-7-5-6-8-15(14)18(23)21(20-16)11-13(3)4/h5-8,12-13H,9-11H2,1-4H3,(H,19,22). The third-order valence-electron chi connectivity index (χ3n) is 3.63. The molecule has 1 heterocycles. The summed E-state index contributed by atoms with van der Waals surface area (Å²) in [5, 5.41) is 8.39. The van der Waals surface area contributed by atoms with Crippen LogP contribution in [0.3, 0.4) is 0 Å². The predicted octanol–water partition coefficient (Wildman–Crippen LogP) is 2.83. The van der Waals surface area contributed by atoms with Crippen molar-refractivity contribution < 1.29 is 4.79 Å². The molecule has 0 atom stereocenters. The molecule has 0 bridgehead atoms. The van der Waals surface area contributed by atoms with E-state index in [1.165, 1.54) is 4.68 Å². The van der Waals surface area contributed by atoms with Crippen molar-refractivity contribution in [2.45, 2.75) is 40.7 Å². The molecule has 2 aromatic rings. The van der Waals surface area contributed by atoms with Crippen LogP contribution in [0.15, 0.2) is 29.1 Å². The number of benzene rings is 1. The Balaban J connectivity index is 2.43. The normalized spacial score (nSPS) is 11.4. The average Bonchev–Trinajstić information content (AvgIpc) is 2.49. The monoisotopic (exact) mass is 315 g/mol. The number of aromatic nitrogens is 2. The van der Waals surface area contributed by atoms with Gasteiger partial charge >= 0.3 is 0 Å². The lowest BCUT2D eigenvalue weighted by atomic mass is 10.1. The van der Waals surface area contributed by atoms with Gasteiger partial charge in [-0.3, -0.25) is 9.59 Å². The molecule has 0 aliphatic rings. The number of carbonyl (C=O) groups excluding carboxylic acids is 1. The summed E-state index contributed by atoms with van der Waals surface area (Å²) in [7, 11) is 0. The first kappa shape index (κ1) is 17.2. The van der Waals surface area contributed by atoms with Crippen LogP contribution < -0.4 is 10.9 Å². The fourth-order valence-corrected chi connectivity index (χ4v) is 2.43. The van der Waals surface area contributed by atoms with Gasteiger partial charge in [0.05, 0.1) is 5.39 Å². The molecule has 1 N–H and O–H groups in total. The number of fused-ring (bicyclic) bond motifs is 1. The molecule has 0 spiro atoms. The van der Waals surface area contributed by atoms with E-state index in [4.69, 9.17) is 0 Å². The molecule has 1 aromatic heterocycles. The van der Waals surface area contributed by atoms with Crippen LogP contribution in [0.5, 0.6) is 0 Å². The van der Waals surface area contributed by atoms with Crippen LogP contribution in [0.4, 0.5) is 0 Å². The Morgan fingerprint density at radius 3 is 2.39 bits per heavy atom. The smallest absolute Gasteiger partial charge is 0.274 e. The quantitative estimate of drug-likeness (QED) is 0.891. The van der Waals surface area contributed by atoms with Crippen LogP contribution in [0.2, 0.25) is 0 Å². The van der Waals surface area contributed by atoms with Gasteiger partial charge in [-0.15, -0.1) is 0 Å². The number of nitrogens with one attached hydrogen (secondary N) is 1. The van der Waals surface area contributed by atoms with Gasteiger partial charge in [0.25, 0.3) is 11.5 Å². The zero-order chi connectivity index (χ0) is 17.0. The summed E-state index contributed by atoms with van der Waals surface area (Å²) < 4.78 is 1.41. The Morgan fingerprint density at radius 1 is 1.13 bits per heavy atom. The van der Waals surface area contributed by atoms with Gasteiger partial charge in [0.15, 0.2) is 5.69 Å². The SMILES string of the molecule is CC(C)CCNC(=O)c1nn(CC(C)C)c(=O)c2ccccc12. The Morgan fingerprint density at radius 2 is 1.78 bits per heavy atom. The molecule has 0 aliphatic carbocycles. The van der Waals surface area contributed by atoms with Crippen molar-refractivity contribution in [3.63, 3.8) is 0 Å². The minimum absolute atomic E-state index is 0.145. The first-order chi connectivity index (χ1) is 10.9. The fourth-order valence-electron chi connectivity index (χ4n) is 2.43. The second-order valence-electron chi connectivity index (χ2n) is 6.71. The summed E-state index contributed by atoms with van der Waals surface area (Å²) >= 11 is 0. The Hall–Kier alpha value is -2.17. The van der Waals surface area contributed by atoms with Gasteiger partial charge in [-0.2, -0.15) is 5.10 Å². The van der Waals surface area contributed by atoms with Crippen LogP contribution in [0.1, 0.15) is 44.6 Å². The third kappa shape index (κ3) is 4.18. The van der Waals surface area contributed by atoms with Gasteiger partial charge in [0.1, 0.15) is 0 Å². The lowest BCUT2D eigenvalue weighted by Gasteiger charge is -2.13. The van der Waals surface area contributed by atoms with E-state index in [1.807, 2.05) is 26.0 Å². The molecule has 23 heavy (non-hydrogen) atoms. The molecular weight excluding hydrogens is 290 g/mol. The van der Waals surface area contributed by atoms with Gasteiger partial charge in [-0.1, -0.05) is 45.9 Å². The van der Waals surface area contributed by atoms with Crippen molar-refractivity contribution >= 4 is 16.7 Å². The topological polar surface area (TPSA) is 64.0 Å². The summed E-state index contributed by atoms with van der Waals surface area (Å²) in [6, 6.07) is 7.16. The highest BCUT2D eigenvalue weighted by Gasteiger charge is 2.16. The van der Waals surface area contributed by atoms with E-state index in [1.54, 1.807) is 12.1 Å². The van der Waals surface area contributed by atoms with Crippen molar-refractivity contribution in [3.05, 3.63) is 40.3 Å². The highest BCUT2D eigenvalue weighted by molar-refractivity contribution is 6.04. The molecule has 124 valence electrons.